The molecule has 1 saturated heterocycles. The van der Waals surface area contributed by atoms with E-state index in [9.17, 15) is 24.3 Å². The molecule has 10 heteroatoms. The molecule has 6 rings (SSSR count). The van der Waals surface area contributed by atoms with Crippen molar-refractivity contribution in [3.63, 3.8) is 0 Å². The molecule has 3 aromatic carbocycles. The molecule has 214 valence electrons. The number of para-hydroxylation sites is 2. The molecular weight excluding hydrogens is 536 g/mol. The van der Waals surface area contributed by atoms with Gasteiger partial charge in [0, 0.05) is 23.0 Å². The summed E-state index contributed by atoms with van der Waals surface area (Å²) in [6.45, 7) is 3.38. The van der Waals surface area contributed by atoms with Crippen LogP contribution in [0, 0.1) is 5.92 Å². The van der Waals surface area contributed by atoms with Gasteiger partial charge in [-0.25, -0.2) is 14.5 Å². The smallest absolute Gasteiger partial charge is 0.332 e. The number of carboxylic acid groups (broad SMARTS) is 1. The van der Waals surface area contributed by atoms with Crippen molar-refractivity contribution in [3.05, 3.63) is 95.2 Å². The van der Waals surface area contributed by atoms with Crippen LogP contribution in [-0.2, 0) is 16.0 Å². The molecule has 0 spiro atoms. The Hall–Kier alpha value is -5.12. The van der Waals surface area contributed by atoms with Crippen LogP contribution >= 0.6 is 0 Å². The Kier molecular flexibility index (Phi) is 6.68. The first-order chi connectivity index (χ1) is 20.2. The molecule has 1 unspecified atom stereocenters. The third-order valence-electron chi connectivity index (χ3n) is 8.09. The summed E-state index contributed by atoms with van der Waals surface area (Å²) in [5.41, 5.74) is 3.64. The van der Waals surface area contributed by atoms with Crippen LogP contribution in [0.2, 0.25) is 0 Å². The first-order valence-corrected chi connectivity index (χ1v) is 13.7. The van der Waals surface area contributed by atoms with Crippen LogP contribution in [0.5, 0.6) is 5.75 Å². The lowest BCUT2D eigenvalue weighted by Gasteiger charge is -2.36. The highest BCUT2D eigenvalue weighted by Gasteiger charge is 2.53. The number of nitrogens with one attached hydrogen (secondary N) is 2. The second-order valence-electron chi connectivity index (χ2n) is 10.9. The highest BCUT2D eigenvalue weighted by Crippen LogP contribution is 2.45. The number of urea groups is 1. The summed E-state index contributed by atoms with van der Waals surface area (Å²) < 4.78 is 5.34. The quantitative estimate of drug-likeness (QED) is 0.282. The Bertz CT molecular complexity index is 1730. The maximum absolute atomic E-state index is 14.3. The number of ether oxygens (including phenoxy) is 1. The number of rotatable bonds is 7. The van der Waals surface area contributed by atoms with Gasteiger partial charge in [-0.3, -0.25) is 14.5 Å². The number of aromatic amines is 1. The number of anilines is 1. The highest BCUT2D eigenvalue weighted by atomic mass is 16.5. The van der Waals surface area contributed by atoms with Gasteiger partial charge in [-0.15, -0.1) is 0 Å². The fourth-order valence-electron chi connectivity index (χ4n) is 6.02. The Balaban J connectivity index is 1.44. The van der Waals surface area contributed by atoms with E-state index in [1.54, 1.807) is 38.0 Å². The number of H-pyrrole nitrogens is 1. The number of nitrogens with zero attached hydrogens (tertiary/aromatic N) is 2. The van der Waals surface area contributed by atoms with E-state index in [0.29, 0.717) is 12.2 Å². The summed E-state index contributed by atoms with van der Waals surface area (Å²) in [5, 5.41) is 13.1. The van der Waals surface area contributed by atoms with Gasteiger partial charge >= 0.3 is 12.0 Å². The van der Waals surface area contributed by atoms with Gasteiger partial charge in [0.05, 0.1) is 18.4 Å². The van der Waals surface area contributed by atoms with E-state index in [-0.39, 0.29) is 17.2 Å². The topological polar surface area (TPSA) is 132 Å². The number of imide groups is 1. The summed E-state index contributed by atoms with van der Waals surface area (Å²) in [6, 6.07) is 18.4. The van der Waals surface area contributed by atoms with E-state index >= 15 is 0 Å². The van der Waals surface area contributed by atoms with E-state index in [2.05, 4.69) is 10.3 Å². The molecule has 42 heavy (non-hydrogen) atoms. The Labute approximate surface area is 241 Å². The molecule has 0 radical (unpaired) electrons. The van der Waals surface area contributed by atoms with Gasteiger partial charge in [0.2, 0.25) is 0 Å². The number of aliphatic carboxylic acids is 1. The number of carboxylic acids is 1. The fraction of sp³-hybridized carbons (Fsp3) is 0.250. The van der Waals surface area contributed by atoms with Gasteiger partial charge < -0.3 is 20.1 Å². The molecule has 1 aromatic heterocycles. The molecule has 0 aliphatic carbocycles. The minimum atomic E-state index is -1.17. The predicted octanol–water partition coefficient (Wildman–Crippen LogP) is 4.50. The molecule has 3 N–H and O–H groups in total. The summed E-state index contributed by atoms with van der Waals surface area (Å²) in [5.74, 6) is -2.02. The van der Waals surface area contributed by atoms with Crippen LogP contribution in [0.1, 0.15) is 47.1 Å². The standard InChI is InChI=1S/C32H30N4O6/c1-17(2)26(31(39)40)34-29(37)21-9-5-7-11-24(21)36-30(38)25-16-22-20-8-4-6-10-23(20)33-27(22)28(35(25)32(36)41)18-12-14-19(42-3)15-13-18/h4-15,17,25-26,28,33H,16H2,1-3H3,(H,34,37)(H,39,40)/t25-,26+,28?/m0/s1. The minimum Gasteiger partial charge on any atom is -0.497 e. The number of benzene rings is 3. The van der Waals surface area contributed by atoms with Gasteiger partial charge in [-0.1, -0.05) is 56.3 Å². The molecule has 3 atom stereocenters. The molecular formula is C32H30N4O6. The summed E-state index contributed by atoms with van der Waals surface area (Å²) in [4.78, 5) is 59.6. The second-order valence-corrected chi connectivity index (χ2v) is 10.9. The van der Waals surface area contributed by atoms with Crippen LogP contribution in [0.15, 0.2) is 72.8 Å². The van der Waals surface area contributed by atoms with Crippen LogP contribution in [0.25, 0.3) is 10.9 Å². The zero-order valence-corrected chi connectivity index (χ0v) is 23.3. The lowest BCUT2D eigenvalue weighted by atomic mass is 9.89. The van der Waals surface area contributed by atoms with Crippen molar-refractivity contribution in [1.29, 1.82) is 0 Å². The third-order valence-corrected chi connectivity index (χ3v) is 8.09. The molecule has 0 bridgehead atoms. The SMILES string of the molecule is COc1ccc(C2c3[nH]c4ccccc4c3C[C@H]3C(=O)N(c4ccccc4C(=O)N[C@@H](C(=O)O)C(C)C)C(=O)N23)cc1. The van der Waals surface area contributed by atoms with Crippen LogP contribution in [-0.4, -0.2) is 58.0 Å². The van der Waals surface area contributed by atoms with Crippen LogP contribution < -0.4 is 15.0 Å². The maximum Gasteiger partial charge on any atom is 0.332 e. The van der Waals surface area contributed by atoms with Gasteiger partial charge in [0.15, 0.2) is 0 Å². The Morgan fingerprint density at radius 2 is 1.69 bits per heavy atom. The molecule has 4 amide bonds. The second kappa shape index (κ2) is 10.4. The Morgan fingerprint density at radius 1 is 1.00 bits per heavy atom. The number of aromatic nitrogens is 1. The summed E-state index contributed by atoms with van der Waals surface area (Å²) >= 11 is 0. The first-order valence-electron chi connectivity index (χ1n) is 13.7. The van der Waals surface area contributed by atoms with Crippen molar-refractivity contribution >= 4 is 40.4 Å². The molecule has 1 fully saturated rings. The predicted molar refractivity (Wildman–Crippen MR) is 156 cm³/mol. The van der Waals surface area contributed by atoms with E-state index in [4.69, 9.17) is 4.74 Å². The lowest BCUT2D eigenvalue weighted by Crippen LogP contribution is -2.45. The maximum atomic E-state index is 14.3. The zero-order chi connectivity index (χ0) is 29.7. The number of methoxy groups -OCH3 is 1. The molecule has 10 nitrogen and oxygen atoms in total. The highest BCUT2D eigenvalue weighted by molar-refractivity contribution is 6.24. The molecule has 2 aliphatic rings. The minimum absolute atomic E-state index is 0.0379. The summed E-state index contributed by atoms with van der Waals surface area (Å²) in [6.07, 6.45) is 0.301. The van der Waals surface area contributed by atoms with Crippen molar-refractivity contribution in [2.24, 2.45) is 5.92 Å². The monoisotopic (exact) mass is 566 g/mol. The van der Waals surface area contributed by atoms with Crippen LogP contribution in [0.4, 0.5) is 10.5 Å². The molecule has 3 heterocycles. The fourth-order valence-corrected chi connectivity index (χ4v) is 6.02. The van der Waals surface area contributed by atoms with Gasteiger partial charge in [0.25, 0.3) is 11.8 Å². The van der Waals surface area contributed by atoms with E-state index in [1.807, 2.05) is 48.5 Å². The van der Waals surface area contributed by atoms with Gasteiger partial charge in [0.1, 0.15) is 23.9 Å². The van der Waals surface area contributed by atoms with Crippen molar-refractivity contribution < 1.29 is 29.0 Å². The van der Waals surface area contributed by atoms with Crippen molar-refractivity contribution in [3.8, 4) is 5.75 Å². The van der Waals surface area contributed by atoms with E-state index in [1.165, 1.54) is 12.1 Å². The number of carbonyl (C=O) groups excluding carboxylic acids is 3. The zero-order valence-electron chi connectivity index (χ0n) is 23.3. The number of fused-ring (bicyclic) bond motifs is 4. The van der Waals surface area contributed by atoms with Gasteiger partial charge in [-0.05, 0) is 47.4 Å². The number of amides is 4. The summed E-state index contributed by atoms with van der Waals surface area (Å²) in [7, 11) is 1.58. The largest absolute Gasteiger partial charge is 0.497 e. The number of hydrogen-bond donors (Lipinski definition) is 3. The average molecular weight is 567 g/mol. The van der Waals surface area contributed by atoms with Crippen molar-refractivity contribution in [1.82, 2.24) is 15.2 Å². The first kappa shape index (κ1) is 27.1. The van der Waals surface area contributed by atoms with Gasteiger partial charge in [-0.2, -0.15) is 0 Å². The lowest BCUT2D eigenvalue weighted by molar-refractivity contribution is -0.140. The van der Waals surface area contributed by atoms with Crippen LogP contribution in [0.3, 0.4) is 0 Å². The normalized spacial score (nSPS) is 18.7. The third kappa shape index (κ3) is 4.27. The molecule has 0 saturated carbocycles. The average Bonchev–Trinajstić information content (AvgIpc) is 3.48. The van der Waals surface area contributed by atoms with Crippen molar-refractivity contribution in [2.75, 3.05) is 12.0 Å². The van der Waals surface area contributed by atoms with Crippen molar-refractivity contribution in [2.45, 2.75) is 38.4 Å². The Morgan fingerprint density at radius 3 is 2.38 bits per heavy atom. The van der Waals surface area contributed by atoms with E-state index < -0.39 is 41.9 Å². The number of hydrogen-bond acceptors (Lipinski definition) is 5. The van der Waals surface area contributed by atoms with E-state index in [0.717, 1.165) is 32.6 Å². The molecule has 4 aromatic rings. The molecule has 2 aliphatic heterocycles. The number of carbonyl (C=O) groups is 4.